The van der Waals surface area contributed by atoms with Crippen molar-refractivity contribution in [2.24, 2.45) is 11.3 Å². The molecule has 194 valence electrons. The highest BCUT2D eigenvalue weighted by Crippen LogP contribution is 2.31. The SMILES string of the molecule is C[C@@H](NC(=O)OC(C)(C)C)C(CO)CC(C)(C)CCN(Cc1ccccc1)C(=O)OC(C)(C)C. The molecule has 0 heterocycles. The van der Waals surface area contributed by atoms with Crippen LogP contribution in [0.15, 0.2) is 30.3 Å². The van der Waals surface area contributed by atoms with E-state index in [0.717, 1.165) is 5.56 Å². The Hall–Kier alpha value is -2.28. The second-order valence-corrected chi connectivity index (χ2v) is 11.9. The fourth-order valence-corrected chi connectivity index (χ4v) is 3.63. The van der Waals surface area contributed by atoms with Crippen molar-refractivity contribution < 1.29 is 24.2 Å². The lowest BCUT2D eigenvalue weighted by molar-refractivity contribution is 0.0198. The summed E-state index contributed by atoms with van der Waals surface area (Å²) in [5, 5.41) is 12.9. The van der Waals surface area contributed by atoms with E-state index in [1.165, 1.54) is 0 Å². The first-order chi connectivity index (χ1) is 15.5. The van der Waals surface area contributed by atoms with Crippen LogP contribution in [0.4, 0.5) is 9.59 Å². The minimum Gasteiger partial charge on any atom is -0.444 e. The number of alkyl carbamates (subject to hydrolysis) is 1. The van der Waals surface area contributed by atoms with Gasteiger partial charge in [0.1, 0.15) is 11.2 Å². The van der Waals surface area contributed by atoms with Gasteiger partial charge in [0.25, 0.3) is 0 Å². The van der Waals surface area contributed by atoms with Gasteiger partial charge in [-0.25, -0.2) is 9.59 Å². The van der Waals surface area contributed by atoms with E-state index in [9.17, 15) is 14.7 Å². The summed E-state index contributed by atoms with van der Waals surface area (Å²) in [6.45, 7) is 18.1. The number of hydrogen-bond acceptors (Lipinski definition) is 5. The molecule has 7 heteroatoms. The molecule has 1 aromatic rings. The van der Waals surface area contributed by atoms with Crippen LogP contribution in [0.25, 0.3) is 0 Å². The second kappa shape index (κ2) is 12.4. The fourth-order valence-electron chi connectivity index (χ4n) is 3.63. The Morgan fingerprint density at radius 1 is 0.971 bits per heavy atom. The highest BCUT2D eigenvalue weighted by molar-refractivity contribution is 5.68. The Bertz CT molecular complexity index is 765. The van der Waals surface area contributed by atoms with E-state index in [0.29, 0.717) is 25.9 Å². The molecule has 34 heavy (non-hydrogen) atoms. The zero-order valence-corrected chi connectivity index (χ0v) is 22.6. The molecule has 0 aliphatic carbocycles. The Labute approximate surface area is 206 Å². The van der Waals surface area contributed by atoms with Gasteiger partial charge in [-0.3, -0.25) is 0 Å². The number of rotatable bonds is 10. The summed E-state index contributed by atoms with van der Waals surface area (Å²) in [5.74, 6) is -0.147. The zero-order chi connectivity index (χ0) is 26.2. The van der Waals surface area contributed by atoms with Gasteiger partial charge < -0.3 is 24.8 Å². The van der Waals surface area contributed by atoms with Crippen molar-refractivity contribution in [1.82, 2.24) is 10.2 Å². The molecule has 1 aromatic carbocycles. The molecule has 0 saturated heterocycles. The van der Waals surface area contributed by atoms with E-state index < -0.39 is 17.3 Å². The molecular weight excluding hydrogens is 432 g/mol. The minimum absolute atomic E-state index is 0.0554. The van der Waals surface area contributed by atoms with Crippen molar-refractivity contribution in [1.29, 1.82) is 0 Å². The van der Waals surface area contributed by atoms with Crippen molar-refractivity contribution in [3.05, 3.63) is 35.9 Å². The van der Waals surface area contributed by atoms with Gasteiger partial charge in [0.2, 0.25) is 0 Å². The van der Waals surface area contributed by atoms with E-state index in [1.54, 1.807) is 4.90 Å². The maximum Gasteiger partial charge on any atom is 0.410 e. The third-order valence-corrected chi connectivity index (χ3v) is 5.43. The number of nitrogens with one attached hydrogen (secondary N) is 1. The average molecular weight is 479 g/mol. The lowest BCUT2D eigenvalue weighted by Crippen LogP contribution is -2.44. The lowest BCUT2D eigenvalue weighted by Gasteiger charge is -2.35. The van der Waals surface area contributed by atoms with Crippen molar-refractivity contribution in [2.45, 2.75) is 98.9 Å². The lowest BCUT2D eigenvalue weighted by atomic mass is 9.78. The van der Waals surface area contributed by atoms with E-state index in [-0.39, 0.29) is 30.1 Å². The largest absolute Gasteiger partial charge is 0.444 e. The Kier molecular flexibility index (Phi) is 10.9. The van der Waals surface area contributed by atoms with Crippen LogP contribution in [0, 0.1) is 11.3 Å². The summed E-state index contributed by atoms with van der Waals surface area (Å²) in [6.07, 6.45) is 0.559. The third kappa shape index (κ3) is 12.3. The molecule has 0 bridgehead atoms. The summed E-state index contributed by atoms with van der Waals surface area (Å²) in [6, 6.07) is 9.59. The van der Waals surface area contributed by atoms with Crippen molar-refractivity contribution in [3.63, 3.8) is 0 Å². The molecule has 1 unspecified atom stereocenters. The Morgan fingerprint density at radius 2 is 1.53 bits per heavy atom. The molecule has 2 atom stereocenters. The molecule has 7 nitrogen and oxygen atoms in total. The van der Waals surface area contributed by atoms with Crippen molar-refractivity contribution >= 4 is 12.2 Å². The van der Waals surface area contributed by atoms with Crippen LogP contribution >= 0.6 is 0 Å². The van der Waals surface area contributed by atoms with Crippen LogP contribution in [0.1, 0.15) is 80.7 Å². The van der Waals surface area contributed by atoms with E-state index in [1.807, 2.05) is 78.8 Å². The first-order valence-electron chi connectivity index (χ1n) is 12.1. The molecule has 0 aromatic heterocycles. The van der Waals surface area contributed by atoms with Gasteiger partial charge in [-0.05, 0) is 72.3 Å². The van der Waals surface area contributed by atoms with Crippen molar-refractivity contribution in [3.8, 4) is 0 Å². The monoisotopic (exact) mass is 478 g/mol. The minimum atomic E-state index is -0.582. The average Bonchev–Trinajstić information content (AvgIpc) is 2.67. The van der Waals surface area contributed by atoms with Crippen LogP contribution in [0.3, 0.4) is 0 Å². The van der Waals surface area contributed by atoms with Crippen LogP contribution in [-0.4, -0.2) is 52.6 Å². The Balaban J connectivity index is 2.82. The van der Waals surface area contributed by atoms with Gasteiger partial charge in [-0.15, -0.1) is 0 Å². The number of amides is 2. The van der Waals surface area contributed by atoms with Gasteiger partial charge in [-0.2, -0.15) is 0 Å². The molecule has 2 N–H and O–H groups in total. The molecule has 0 aliphatic heterocycles. The molecule has 1 rings (SSSR count). The maximum absolute atomic E-state index is 12.9. The zero-order valence-electron chi connectivity index (χ0n) is 22.6. The molecule has 2 amide bonds. The highest BCUT2D eigenvalue weighted by Gasteiger charge is 2.30. The summed E-state index contributed by atoms with van der Waals surface area (Å²) < 4.78 is 11.0. The van der Waals surface area contributed by atoms with E-state index in [4.69, 9.17) is 9.47 Å². The second-order valence-electron chi connectivity index (χ2n) is 11.9. The van der Waals surface area contributed by atoms with Gasteiger partial charge in [-0.1, -0.05) is 44.2 Å². The molecule has 0 spiro atoms. The van der Waals surface area contributed by atoms with Crippen LogP contribution < -0.4 is 5.32 Å². The molecular formula is C27H46N2O5. The fraction of sp³-hybridized carbons (Fsp3) is 0.704. The smallest absolute Gasteiger partial charge is 0.410 e. The number of carbonyl (C=O) groups is 2. The van der Waals surface area contributed by atoms with Crippen LogP contribution in [0.5, 0.6) is 0 Å². The Morgan fingerprint density at radius 3 is 2.03 bits per heavy atom. The predicted molar refractivity (Wildman–Crippen MR) is 136 cm³/mol. The van der Waals surface area contributed by atoms with Gasteiger partial charge in [0.05, 0.1) is 0 Å². The highest BCUT2D eigenvalue weighted by atomic mass is 16.6. The number of ether oxygens (including phenoxy) is 2. The van der Waals surface area contributed by atoms with Crippen LogP contribution in [0.2, 0.25) is 0 Å². The first kappa shape index (κ1) is 29.8. The number of carbonyl (C=O) groups excluding carboxylic acids is 2. The first-order valence-corrected chi connectivity index (χ1v) is 12.1. The number of benzene rings is 1. The number of aliphatic hydroxyl groups excluding tert-OH is 1. The molecule has 0 aliphatic rings. The number of nitrogens with zero attached hydrogens (tertiary/aromatic N) is 1. The molecule has 0 radical (unpaired) electrons. The summed E-state index contributed by atoms with van der Waals surface area (Å²) in [5.41, 5.74) is -0.308. The number of aliphatic hydroxyl groups is 1. The predicted octanol–water partition coefficient (Wildman–Crippen LogP) is 5.75. The van der Waals surface area contributed by atoms with E-state index >= 15 is 0 Å². The molecule has 0 saturated carbocycles. The molecule has 0 fully saturated rings. The summed E-state index contributed by atoms with van der Waals surface area (Å²) in [7, 11) is 0. The third-order valence-electron chi connectivity index (χ3n) is 5.43. The number of hydrogen-bond donors (Lipinski definition) is 2. The quantitative estimate of drug-likeness (QED) is 0.447. The summed E-state index contributed by atoms with van der Waals surface area (Å²) in [4.78, 5) is 26.8. The normalized spacial score (nSPS) is 14.2. The van der Waals surface area contributed by atoms with Gasteiger partial charge >= 0.3 is 12.2 Å². The topological polar surface area (TPSA) is 88.1 Å². The van der Waals surface area contributed by atoms with Gasteiger partial charge in [0, 0.05) is 31.7 Å². The van der Waals surface area contributed by atoms with Crippen LogP contribution in [-0.2, 0) is 16.0 Å². The summed E-state index contributed by atoms with van der Waals surface area (Å²) >= 11 is 0. The maximum atomic E-state index is 12.9. The van der Waals surface area contributed by atoms with Crippen molar-refractivity contribution in [2.75, 3.05) is 13.2 Å². The standard InChI is InChI=1S/C27H46N2O5/c1-20(28-23(31)33-25(2,3)4)22(19-30)17-27(8,9)15-16-29(24(32)34-26(5,6)7)18-21-13-11-10-12-14-21/h10-14,20,22,30H,15-19H2,1-9H3,(H,28,31)/t20-,22?/m1/s1. The van der Waals surface area contributed by atoms with E-state index in [2.05, 4.69) is 19.2 Å². The van der Waals surface area contributed by atoms with Gasteiger partial charge in [0.15, 0.2) is 0 Å².